The van der Waals surface area contributed by atoms with Crippen LogP contribution in [-0.2, 0) is 4.79 Å². The molecule has 0 saturated heterocycles. The first-order chi connectivity index (χ1) is 8.93. The summed E-state index contributed by atoms with van der Waals surface area (Å²) in [5.41, 5.74) is 5.67. The van der Waals surface area contributed by atoms with Crippen molar-refractivity contribution in [3.05, 3.63) is 29.3 Å². The van der Waals surface area contributed by atoms with E-state index in [1.165, 1.54) is 0 Å². The summed E-state index contributed by atoms with van der Waals surface area (Å²) in [5.74, 6) is -0.331. The third-order valence-electron chi connectivity index (χ3n) is 2.89. The fourth-order valence-corrected chi connectivity index (χ4v) is 1.83. The van der Waals surface area contributed by atoms with E-state index in [1.807, 2.05) is 13.8 Å². The Morgan fingerprint density at radius 3 is 2.63 bits per heavy atom. The van der Waals surface area contributed by atoms with Crippen molar-refractivity contribution >= 4 is 29.2 Å². The van der Waals surface area contributed by atoms with E-state index in [1.54, 1.807) is 24.3 Å². The zero-order valence-electron chi connectivity index (χ0n) is 10.9. The molecule has 0 fully saturated rings. The molecule has 0 radical (unpaired) electrons. The molecule has 2 atom stereocenters. The van der Waals surface area contributed by atoms with Crippen LogP contribution in [0, 0.1) is 5.92 Å². The van der Waals surface area contributed by atoms with Gasteiger partial charge in [-0.3, -0.25) is 4.79 Å². The quantitative estimate of drug-likeness (QED) is 0.775. The van der Waals surface area contributed by atoms with Gasteiger partial charge < -0.3 is 16.4 Å². The molecule has 104 valence electrons. The van der Waals surface area contributed by atoms with Crippen LogP contribution in [0.4, 0.5) is 10.5 Å². The van der Waals surface area contributed by atoms with Crippen molar-refractivity contribution < 1.29 is 9.59 Å². The Bertz CT molecular complexity index is 465. The third-order valence-corrected chi connectivity index (χ3v) is 3.12. The van der Waals surface area contributed by atoms with Crippen molar-refractivity contribution in [3.8, 4) is 0 Å². The summed E-state index contributed by atoms with van der Waals surface area (Å²) >= 11 is 5.84. The van der Waals surface area contributed by atoms with E-state index in [9.17, 15) is 9.59 Å². The lowest BCUT2D eigenvalue weighted by molar-refractivity contribution is -0.119. The fraction of sp³-hybridized carbons (Fsp3) is 0.385. The zero-order valence-corrected chi connectivity index (χ0v) is 11.7. The van der Waals surface area contributed by atoms with Gasteiger partial charge in [0.25, 0.3) is 0 Å². The number of anilines is 1. The molecule has 0 spiro atoms. The number of hydrogen-bond donors (Lipinski definition) is 3. The molecule has 0 aromatic heterocycles. The maximum absolute atomic E-state index is 12.1. The molecule has 0 saturated carbocycles. The van der Waals surface area contributed by atoms with Gasteiger partial charge >= 0.3 is 6.03 Å². The minimum absolute atomic E-state index is 0.0216. The Kier molecular flexibility index (Phi) is 5.63. The second-order valence-corrected chi connectivity index (χ2v) is 4.81. The summed E-state index contributed by atoms with van der Waals surface area (Å²) in [6.07, 6.45) is 0.744. The maximum Gasteiger partial charge on any atom is 0.312 e. The van der Waals surface area contributed by atoms with Crippen molar-refractivity contribution in [3.63, 3.8) is 0 Å². The van der Waals surface area contributed by atoms with Gasteiger partial charge in [0.1, 0.15) is 6.04 Å². The largest absolute Gasteiger partial charge is 0.352 e. The molecule has 1 rings (SSSR count). The van der Waals surface area contributed by atoms with Gasteiger partial charge in [0, 0.05) is 10.7 Å². The van der Waals surface area contributed by atoms with Gasteiger partial charge in [-0.15, -0.1) is 0 Å². The first-order valence-electron chi connectivity index (χ1n) is 6.06. The Hall–Kier alpha value is -1.75. The lowest BCUT2D eigenvalue weighted by Gasteiger charge is -2.22. The molecule has 3 amide bonds. The normalized spacial score (nSPS) is 13.4. The molecule has 0 aliphatic carbocycles. The molecule has 0 heterocycles. The van der Waals surface area contributed by atoms with Gasteiger partial charge in [-0.1, -0.05) is 37.9 Å². The van der Waals surface area contributed by atoms with Crippen molar-refractivity contribution in [1.29, 1.82) is 0 Å². The summed E-state index contributed by atoms with van der Waals surface area (Å²) < 4.78 is 0. The Labute approximate surface area is 117 Å². The molecule has 0 bridgehead atoms. The summed E-state index contributed by atoms with van der Waals surface area (Å²) in [6, 6.07) is 5.43. The van der Waals surface area contributed by atoms with Gasteiger partial charge in [-0.2, -0.15) is 0 Å². The molecular weight excluding hydrogens is 266 g/mol. The Morgan fingerprint density at radius 1 is 1.42 bits per heavy atom. The Balaban J connectivity index is 2.79. The van der Waals surface area contributed by atoms with Crippen LogP contribution < -0.4 is 16.4 Å². The van der Waals surface area contributed by atoms with Crippen LogP contribution in [0.1, 0.15) is 20.3 Å². The molecular formula is C13H18ClN3O2. The molecule has 1 aromatic carbocycles. The van der Waals surface area contributed by atoms with Crippen LogP contribution in [0.25, 0.3) is 0 Å². The average Bonchev–Trinajstić information content (AvgIpc) is 2.34. The van der Waals surface area contributed by atoms with Crippen molar-refractivity contribution in [2.24, 2.45) is 11.7 Å². The molecule has 0 aliphatic heterocycles. The number of carbonyl (C=O) groups excluding carboxylic acids is 2. The second-order valence-electron chi connectivity index (χ2n) is 4.37. The second kappa shape index (κ2) is 6.99. The minimum atomic E-state index is -0.716. The first-order valence-corrected chi connectivity index (χ1v) is 6.44. The summed E-state index contributed by atoms with van der Waals surface area (Å²) in [6.45, 7) is 3.81. The SMILES string of the molecule is CC[C@@H](C)[C@H](NC(N)=O)C(=O)Nc1cccc(Cl)c1. The molecule has 5 nitrogen and oxygen atoms in total. The first kappa shape index (κ1) is 15.3. The number of benzene rings is 1. The van der Waals surface area contributed by atoms with E-state index >= 15 is 0 Å². The van der Waals surface area contributed by atoms with Crippen LogP contribution in [0.15, 0.2) is 24.3 Å². The highest BCUT2D eigenvalue weighted by molar-refractivity contribution is 6.30. The predicted octanol–water partition coefficient (Wildman–Crippen LogP) is 2.36. The number of nitrogens with two attached hydrogens (primary N) is 1. The lowest BCUT2D eigenvalue weighted by atomic mass is 9.98. The van der Waals surface area contributed by atoms with E-state index < -0.39 is 12.1 Å². The van der Waals surface area contributed by atoms with E-state index in [4.69, 9.17) is 17.3 Å². The predicted molar refractivity (Wildman–Crippen MR) is 76.0 cm³/mol. The molecule has 1 aromatic rings. The number of primary amides is 1. The fourth-order valence-electron chi connectivity index (χ4n) is 1.64. The number of urea groups is 1. The maximum atomic E-state index is 12.1. The number of hydrogen-bond acceptors (Lipinski definition) is 2. The number of rotatable bonds is 5. The van der Waals surface area contributed by atoms with Gasteiger partial charge in [0.05, 0.1) is 0 Å². The van der Waals surface area contributed by atoms with Crippen molar-refractivity contribution in [2.75, 3.05) is 5.32 Å². The highest BCUT2D eigenvalue weighted by Gasteiger charge is 2.25. The van der Waals surface area contributed by atoms with Crippen molar-refractivity contribution in [2.45, 2.75) is 26.3 Å². The molecule has 0 unspecified atom stereocenters. The van der Waals surface area contributed by atoms with E-state index in [0.29, 0.717) is 10.7 Å². The van der Waals surface area contributed by atoms with Gasteiger partial charge in [-0.05, 0) is 24.1 Å². The highest BCUT2D eigenvalue weighted by Crippen LogP contribution is 2.16. The topological polar surface area (TPSA) is 84.2 Å². The van der Waals surface area contributed by atoms with Gasteiger partial charge in [0.15, 0.2) is 0 Å². The summed E-state index contributed by atoms with van der Waals surface area (Å²) in [5, 5.41) is 5.70. The number of carbonyl (C=O) groups is 2. The Morgan fingerprint density at radius 2 is 2.11 bits per heavy atom. The monoisotopic (exact) mass is 283 g/mol. The van der Waals surface area contributed by atoms with Gasteiger partial charge in [0.2, 0.25) is 5.91 Å². The highest BCUT2D eigenvalue weighted by atomic mass is 35.5. The molecule has 6 heteroatoms. The number of halogens is 1. The van der Waals surface area contributed by atoms with Crippen LogP contribution >= 0.6 is 11.6 Å². The molecule has 19 heavy (non-hydrogen) atoms. The van der Waals surface area contributed by atoms with E-state index in [2.05, 4.69) is 10.6 Å². The lowest BCUT2D eigenvalue weighted by Crippen LogP contribution is -2.49. The van der Waals surface area contributed by atoms with Crippen molar-refractivity contribution in [1.82, 2.24) is 5.32 Å². The minimum Gasteiger partial charge on any atom is -0.352 e. The number of nitrogens with one attached hydrogen (secondary N) is 2. The standard InChI is InChI=1S/C13H18ClN3O2/c1-3-8(2)11(17-13(15)19)12(18)16-10-6-4-5-9(14)7-10/h4-8,11H,3H2,1-2H3,(H,16,18)(H3,15,17,19)/t8-,11+/m1/s1. The van der Waals surface area contributed by atoms with E-state index in [-0.39, 0.29) is 11.8 Å². The van der Waals surface area contributed by atoms with Crippen LogP contribution in [0.5, 0.6) is 0 Å². The van der Waals surface area contributed by atoms with E-state index in [0.717, 1.165) is 6.42 Å². The van der Waals surface area contributed by atoms with Crippen LogP contribution in [0.3, 0.4) is 0 Å². The summed E-state index contributed by atoms with van der Waals surface area (Å²) in [4.78, 5) is 23.1. The smallest absolute Gasteiger partial charge is 0.312 e. The number of amides is 3. The summed E-state index contributed by atoms with van der Waals surface area (Å²) in [7, 11) is 0. The zero-order chi connectivity index (χ0) is 14.4. The van der Waals surface area contributed by atoms with Crippen LogP contribution in [0.2, 0.25) is 5.02 Å². The third kappa shape index (κ3) is 4.79. The van der Waals surface area contributed by atoms with Gasteiger partial charge in [-0.25, -0.2) is 4.79 Å². The molecule has 0 aliphatic rings. The average molecular weight is 284 g/mol. The molecule has 4 N–H and O–H groups in total. The van der Waals surface area contributed by atoms with Crippen LogP contribution in [-0.4, -0.2) is 18.0 Å².